The summed E-state index contributed by atoms with van der Waals surface area (Å²) in [5.74, 6) is 7.85. The second-order valence-electron chi connectivity index (χ2n) is 42.9. The van der Waals surface area contributed by atoms with Gasteiger partial charge < -0.3 is 79.4 Å². The van der Waals surface area contributed by atoms with Crippen LogP contribution in [-0.4, -0.2) is 146 Å². The molecule has 34 nitrogen and oxygen atoms in total. The fourth-order valence-corrected chi connectivity index (χ4v) is 15.2. The Morgan fingerprint density at radius 1 is 0.322 bits per heavy atom. The second kappa shape index (κ2) is 49.0. The number of halogens is 1. The average Bonchev–Trinajstić information content (AvgIpc) is 1.51. The maximum Gasteiger partial charge on any atom is 0.323 e. The first-order valence-electron chi connectivity index (χ1n) is 48.0. The average molecular weight is 2040 g/mol. The highest BCUT2D eigenvalue weighted by Crippen LogP contribution is 2.35. The molecular weight excluding hydrogens is 1890 g/mol. The van der Waals surface area contributed by atoms with Crippen LogP contribution in [0.2, 0.25) is 5.02 Å². The number of aryl methyl sites for hydroxylation is 9. The zero-order chi connectivity index (χ0) is 108. The lowest BCUT2D eigenvalue weighted by molar-refractivity contribution is 0.262. The summed E-state index contributed by atoms with van der Waals surface area (Å²) in [6.07, 6.45) is 12.7. The molecule has 0 aliphatic heterocycles. The molecule has 0 spiro atoms. The fourth-order valence-electron chi connectivity index (χ4n) is 13.4. The summed E-state index contributed by atoms with van der Waals surface area (Å²) in [5, 5.41) is 47.0. The number of aromatic amines is 1. The smallest absolute Gasteiger partial charge is 0.323 e. The van der Waals surface area contributed by atoms with Crippen molar-refractivity contribution >= 4 is 165 Å². The van der Waals surface area contributed by atoms with Gasteiger partial charge in [-0.15, -0.1) is 0 Å². The Bertz CT molecular complexity index is 7020. The van der Waals surface area contributed by atoms with Crippen LogP contribution >= 0.6 is 11.6 Å². The Morgan fingerprint density at radius 3 is 0.986 bits per heavy atom. The lowest BCUT2D eigenvalue weighted by Crippen LogP contribution is -2.27. The van der Waals surface area contributed by atoms with Crippen LogP contribution in [0, 0.1) is 62.3 Å². The van der Waals surface area contributed by atoms with Crippen molar-refractivity contribution in [2.45, 2.75) is 256 Å². The summed E-state index contributed by atoms with van der Waals surface area (Å²) in [6, 6.07) is 48.5. The predicted octanol–water partition coefficient (Wildman–Crippen LogP) is 25.6. The van der Waals surface area contributed by atoms with E-state index in [0.717, 1.165) is 106 Å². The van der Waals surface area contributed by atoms with Gasteiger partial charge in [-0.25, -0.2) is 60.6 Å². The molecule has 7 aromatic heterocycles. The van der Waals surface area contributed by atoms with E-state index in [9.17, 15) is 21.6 Å². The molecule has 0 bridgehead atoms. The molecule has 2 amide bonds. The highest BCUT2D eigenvalue weighted by atomic mass is 35.5. The molecule has 0 fully saturated rings. The molecule has 14 rings (SSSR count). The number of benzene rings is 7. The standard InChI is InChI=1S/C22H26N6O.C19H28N4.C18H23N5.C17H23ClN4.C17H25N5O2S.C16H23N5O2S/c1-15-14-23-20(28-22(2,3)4)27-19(15)24-17-11-8-12-18(13-17)26-21(29)25-16-9-6-5-7-10-16;1-13-12-20-17(23-19(5,6)7)22-16(13)21-15-10-8-9-14(11-15)18(2,3)4;1-11-6-7-14(13-8-9-19-15(11)13)21-16-12(2)10-20-17(22-16)23-18(3,4)5;1-10-7-13(8-11(2)14(10)18)20-15-12(3)9-19-16(21-15)22-17(4,5)6;1-12-11-18-16(21-17(2,3)4)20-15(12)19-13-8-7-9-14(10-13)25(23,24)22(5)6;1-11-10-18-15(21-16(2,3)4)20-14(11)19-12-7-6-8-13(9-12)24(22,23)17-5/h5-14H,1-4H3,(H2,25,26,29)(H2,23,24,27,28);8-12H,1-7H3,(H2,20,21,22,23);6-10,19H,1-5H3,(H2,20,21,22,23);7-9H,1-6H3,(H2,19,20,21,22);7-11H,1-6H3,(H2,18,19,20,21);6-10,17H,1-5H3,(H2,18,19,20,21). The summed E-state index contributed by atoms with van der Waals surface area (Å²) >= 11 is 6.22. The van der Waals surface area contributed by atoms with Crippen molar-refractivity contribution in [1.82, 2.24) is 73.8 Å². The molecule has 0 radical (unpaired) electrons. The Kier molecular flexibility index (Phi) is 38.6. The molecule has 0 aliphatic rings. The molecular formula is C109H148ClN29O5S2. The Labute approximate surface area is 868 Å². The van der Waals surface area contributed by atoms with Crippen molar-refractivity contribution < 1.29 is 21.6 Å². The molecule has 7 aromatic carbocycles. The van der Waals surface area contributed by atoms with E-state index in [2.05, 4.69) is 297 Å². The number of H-pyrrole nitrogens is 1. The minimum atomic E-state index is -3.49. The van der Waals surface area contributed by atoms with Crippen LogP contribution in [0.5, 0.6) is 0 Å². The topological polar surface area (TPSA) is 440 Å². The number of aromatic nitrogens is 13. The monoisotopic (exact) mass is 2040 g/mol. The van der Waals surface area contributed by atoms with E-state index in [-0.39, 0.29) is 54.5 Å². The Hall–Kier alpha value is -14.5. The van der Waals surface area contributed by atoms with Crippen molar-refractivity contribution in [3.8, 4) is 0 Å². The highest BCUT2D eigenvalue weighted by Gasteiger charge is 2.24. The van der Waals surface area contributed by atoms with Crippen LogP contribution in [-0.2, 0) is 25.5 Å². The Morgan fingerprint density at radius 2 is 0.630 bits per heavy atom. The fraction of sp³-hybridized carbons (Fsp3) is 0.367. The zero-order valence-electron chi connectivity index (χ0n) is 90.6. The number of carbonyl (C=O) groups is 1. The van der Waals surface area contributed by atoms with Gasteiger partial charge in [-0.05, 0) is 325 Å². The molecule has 0 atom stereocenters. The molecule has 146 heavy (non-hydrogen) atoms. The van der Waals surface area contributed by atoms with Crippen LogP contribution < -0.4 is 79.2 Å². The first-order chi connectivity index (χ1) is 67.9. The number of nitrogens with one attached hydrogen (secondary N) is 16. The number of fused-ring (bicyclic) bond motifs is 1. The zero-order valence-corrected chi connectivity index (χ0v) is 93.0. The lowest BCUT2D eigenvalue weighted by atomic mass is 9.87. The van der Waals surface area contributed by atoms with Gasteiger partial charge in [0.1, 0.15) is 34.9 Å². The number of hydrogen-bond acceptors (Lipinski definition) is 29. The normalized spacial score (nSPS) is 11.7. The summed E-state index contributed by atoms with van der Waals surface area (Å²) < 4.78 is 51.9. The number of anilines is 20. The minimum Gasteiger partial charge on any atom is -0.361 e. The van der Waals surface area contributed by atoms with Crippen LogP contribution in [0.4, 0.5) is 121 Å². The predicted molar refractivity (Wildman–Crippen MR) is 605 cm³/mol. The van der Waals surface area contributed by atoms with Crippen LogP contribution in [0.3, 0.4) is 0 Å². The first-order valence-corrected chi connectivity index (χ1v) is 51.3. The van der Waals surface area contributed by atoms with Gasteiger partial charge in [0.15, 0.2) is 0 Å². The Balaban J connectivity index is 0.000000195. The number of urea groups is 1. The van der Waals surface area contributed by atoms with Gasteiger partial charge in [-0.3, -0.25) is 0 Å². The van der Waals surface area contributed by atoms with E-state index < -0.39 is 20.0 Å². The van der Waals surface area contributed by atoms with Gasteiger partial charge in [-0.1, -0.05) is 87.0 Å². The molecule has 0 saturated carbocycles. The number of amides is 2. The SMILES string of the molecule is CNS(=O)(=O)c1cccc(Nc2nc(NC(C)(C)C)ncc2C)c1.Cc1cnc(NC(C)(C)C)nc1Nc1cc(C)c(Cl)c(C)c1.Cc1cnc(NC(C)(C)C)nc1Nc1ccc(C)c2[nH]ccc12.Cc1cnc(NC(C)(C)C)nc1Nc1cccc(C(C)(C)C)c1.Cc1cnc(NC(C)(C)C)nc1Nc1cccc(NC(=O)Nc2ccccc2)c1.Cc1cnc(NC(C)(C)C)nc1Nc1cccc(S(=O)(=O)N(C)C)c1. The van der Waals surface area contributed by atoms with Crippen molar-refractivity contribution in [3.05, 3.63) is 262 Å². The number of para-hydroxylation sites is 1. The summed E-state index contributed by atoms with van der Waals surface area (Å²) in [4.78, 5) is 69.2. The summed E-state index contributed by atoms with van der Waals surface area (Å²) in [7, 11) is -2.58. The van der Waals surface area contributed by atoms with Gasteiger partial charge in [-0.2, -0.15) is 29.9 Å². The van der Waals surface area contributed by atoms with Gasteiger partial charge >= 0.3 is 6.03 Å². The van der Waals surface area contributed by atoms with Crippen molar-refractivity contribution in [2.75, 3.05) is 95.6 Å². The lowest BCUT2D eigenvalue weighted by Gasteiger charge is -2.22. The third kappa shape index (κ3) is 37.3. The molecule has 0 unspecified atom stereocenters. The van der Waals surface area contributed by atoms with Crippen molar-refractivity contribution in [3.63, 3.8) is 0 Å². The minimum absolute atomic E-state index is 0.0708. The quantitative estimate of drug-likeness (QED) is 0.0267. The summed E-state index contributed by atoms with van der Waals surface area (Å²) in [5.41, 5.74) is 17.4. The first kappa shape index (κ1) is 115. The van der Waals surface area contributed by atoms with E-state index in [1.807, 2.05) is 188 Å². The van der Waals surface area contributed by atoms with Crippen molar-refractivity contribution in [2.24, 2.45) is 0 Å². The van der Waals surface area contributed by atoms with Crippen LogP contribution in [0.15, 0.2) is 211 Å². The second-order valence-corrected chi connectivity index (χ2v) is 47.3. The van der Waals surface area contributed by atoms with Gasteiger partial charge in [0.2, 0.25) is 55.7 Å². The maximum absolute atomic E-state index is 12.3. The number of carbonyl (C=O) groups excluding carboxylic acids is 1. The van der Waals surface area contributed by atoms with Crippen molar-refractivity contribution in [1.29, 1.82) is 0 Å². The van der Waals surface area contributed by atoms with E-state index >= 15 is 0 Å². The number of rotatable bonds is 24. The molecule has 0 saturated heterocycles. The molecule has 778 valence electrons. The third-order valence-electron chi connectivity index (χ3n) is 20.6. The van der Waals surface area contributed by atoms with Crippen LogP contribution in [0.25, 0.3) is 10.9 Å². The van der Waals surface area contributed by atoms with Gasteiger partial charge in [0, 0.05) is 180 Å². The molecule has 16 N–H and O–H groups in total. The van der Waals surface area contributed by atoms with E-state index in [0.29, 0.717) is 70.2 Å². The molecule has 14 aromatic rings. The summed E-state index contributed by atoms with van der Waals surface area (Å²) in [6.45, 7) is 61.6. The van der Waals surface area contributed by atoms with Gasteiger partial charge in [0.05, 0.1) is 15.3 Å². The molecule has 7 heterocycles. The van der Waals surface area contributed by atoms with Gasteiger partial charge in [0.25, 0.3) is 0 Å². The van der Waals surface area contributed by atoms with E-state index in [4.69, 9.17) is 11.6 Å². The number of nitrogens with zero attached hydrogens (tertiary/aromatic N) is 13. The van der Waals surface area contributed by atoms with E-state index in [1.165, 1.54) is 42.6 Å². The third-order valence-corrected chi connectivity index (χ3v) is 24.4. The number of sulfonamides is 2. The van der Waals surface area contributed by atoms with E-state index in [1.54, 1.807) is 61.1 Å². The van der Waals surface area contributed by atoms with Crippen LogP contribution in [0.1, 0.15) is 201 Å². The molecule has 0 aliphatic carbocycles. The molecule has 37 heteroatoms. The largest absolute Gasteiger partial charge is 0.361 e. The number of hydrogen-bond donors (Lipinski definition) is 16. The maximum atomic E-state index is 12.3. The highest BCUT2D eigenvalue weighted by molar-refractivity contribution is 7.89.